The van der Waals surface area contributed by atoms with Gasteiger partial charge in [0.1, 0.15) is 16.3 Å². The van der Waals surface area contributed by atoms with Gasteiger partial charge in [0, 0.05) is 26.2 Å². The molecule has 0 saturated carbocycles. The summed E-state index contributed by atoms with van der Waals surface area (Å²) in [5.41, 5.74) is 0.323. The number of hydrogen-bond donors (Lipinski definition) is 1. The van der Waals surface area contributed by atoms with Crippen LogP contribution in [0.15, 0.2) is 34.9 Å². The fourth-order valence-electron chi connectivity index (χ4n) is 2.85. The number of rotatable bonds is 4. The molecule has 1 aliphatic heterocycles. The minimum Gasteiger partial charge on any atom is -0.444 e. The smallest absolute Gasteiger partial charge is 0.433 e. The molecule has 0 unspecified atom stereocenters. The molecule has 11 nitrogen and oxygen atoms in total. The fourth-order valence-corrected chi connectivity index (χ4v) is 2.85. The van der Waals surface area contributed by atoms with Gasteiger partial charge >= 0.3 is 12.0 Å². The SMILES string of the molecule is CC(C)(C)OC(=O)N1CCN(c2ccc(NC(=O)c3ccc([N+](=O)[O-])o3)nc2)CC1. The van der Waals surface area contributed by atoms with Gasteiger partial charge in [0.25, 0.3) is 5.91 Å². The van der Waals surface area contributed by atoms with Gasteiger partial charge in [-0.3, -0.25) is 14.9 Å². The summed E-state index contributed by atoms with van der Waals surface area (Å²) in [5.74, 6) is -1.02. The second-order valence-electron chi connectivity index (χ2n) is 7.71. The van der Waals surface area contributed by atoms with Crippen molar-refractivity contribution in [3.63, 3.8) is 0 Å². The highest BCUT2D eigenvalue weighted by atomic mass is 16.6. The van der Waals surface area contributed by atoms with E-state index in [0.29, 0.717) is 26.2 Å². The van der Waals surface area contributed by atoms with E-state index in [-0.39, 0.29) is 17.7 Å². The van der Waals surface area contributed by atoms with Crippen LogP contribution in [-0.2, 0) is 4.74 Å². The van der Waals surface area contributed by atoms with Gasteiger partial charge in [-0.05, 0) is 39.0 Å². The van der Waals surface area contributed by atoms with Gasteiger partial charge in [-0.15, -0.1) is 0 Å². The Morgan fingerprint density at radius 2 is 1.87 bits per heavy atom. The number of nitrogens with one attached hydrogen (secondary N) is 1. The Morgan fingerprint density at radius 1 is 1.17 bits per heavy atom. The molecule has 0 bridgehead atoms. The van der Waals surface area contributed by atoms with Gasteiger partial charge in [-0.1, -0.05) is 0 Å². The summed E-state index contributed by atoms with van der Waals surface area (Å²) in [5, 5.41) is 13.2. The summed E-state index contributed by atoms with van der Waals surface area (Å²) in [6.07, 6.45) is 1.29. The number of aromatic nitrogens is 1. The van der Waals surface area contributed by atoms with E-state index in [1.807, 2.05) is 20.8 Å². The first-order valence-corrected chi connectivity index (χ1v) is 9.37. The van der Waals surface area contributed by atoms with E-state index in [1.165, 1.54) is 6.07 Å². The van der Waals surface area contributed by atoms with Crippen molar-refractivity contribution in [1.82, 2.24) is 9.88 Å². The zero-order valence-electron chi connectivity index (χ0n) is 17.0. The Hall–Kier alpha value is -3.63. The maximum atomic E-state index is 12.1. The zero-order chi connectivity index (χ0) is 21.9. The van der Waals surface area contributed by atoms with E-state index in [2.05, 4.69) is 15.2 Å². The molecule has 1 N–H and O–H groups in total. The zero-order valence-corrected chi connectivity index (χ0v) is 17.0. The maximum absolute atomic E-state index is 12.1. The molecule has 2 aromatic heterocycles. The van der Waals surface area contributed by atoms with Gasteiger partial charge in [0.15, 0.2) is 5.76 Å². The summed E-state index contributed by atoms with van der Waals surface area (Å²) in [7, 11) is 0. The molecule has 1 saturated heterocycles. The molecule has 0 aromatic carbocycles. The Kier molecular flexibility index (Phi) is 5.90. The van der Waals surface area contributed by atoms with Gasteiger partial charge in [0.05, 0.1) is 18.0 Å². The van der Waals surface area contributed by atoms with E-state index >= 15 is 0 Å². The van der Waals surface area contributed by atoms with Crippen molar-refractivity contribution < 1.29 is 23.7 Å². The predicted octanol–water partition coefficient (Wildman–Crippen LogP) is 2.89. The lowest BCUT2D eigenvalue weighted by molar-refractivity contribution is -0.402. The van der Waals surface area contributed by atoms with E-state index < -0.39 is 22.3 Å². The molecule has 3 heterocycles. The molecule has 0 radical (unpaired) electrons. The molecule has 0 atom stereocenters. The average molecular weight is 417 g/mol. The molecule has 2 amide bonds. The van der Waals surface area contributed by atoms with Crippen LogP contribution in [0.3, 0.4) is 0 Å². The fraction of sp³-hybridized carbons (Fsp3) is 0.421. The molecular formula is C19H23N5O6. The van der Waals surface area contributed by atoms with Crippen molar-refractivity contribution in [2.75, 3.05) is 36.4 Å². The molecule has 0 spiro atoms. The van der Waals surface area contributed by atoms with Crippen molar-refractivity contribution in [1.29, 1.82) is 0 Å². The topological polar surface area (TPSA) is 131 Å². The summed E-state index contributed by atoms with van der Waals surface area (Å²) in [4.78, 5) is 42.1. The molecule has 1 fully saturated rings. The summed E-state index contributed by atoms with van der Waals surface area (Å²) >= 11 is 0. The lowest BCUT2D eigenvalue weighted by Gasteiger charge is -2.36. The molecule has 3 rings (SSSR count). The van der Waals surface area contributed by atoms with Crippen LogP contribution in [0.5, 0.6) is 0 Å². The summed E-state index contributed by atoms with van der Waals surface area (Å²) in [6, 6.07) is 5.77. The number of nitrogens with zero attached hydrogens (tertiary/aromatic N) is 4. The third kappa shape index (κ3) is 5.25. The Bertz CT molecular complexity index is 926. The van der Waals surface area contributed by atoms with Crippen LogP contribution in [-0.4, -0.2) is 58.6 Å². The minimum absolute atomic E-state index is 0.175. The number of amides is 2. The van der Waals surface area contributed by atoms with Crippen LogP contribution in [0.2, 0.25) is 0 Å². The highest BCUT2D eigenvalue weighted by Crippen LogP contribution is 2.20. The Morgan fingerprint density at radius 3 is 2.40 bits per heavy atom. The van der Waals surface area contributed by atoms with Crippen molar-refractivity contribution >= 4 is 29.4 Å². The first-order valence-electron chi connectivity index (χ1n) is 9.37. The highest BCUT2D eigenvalue weighted by molar-refractivity contribution is 6.01. The lowest BCUT2D eigenvalue weighted by Crippen LogP contribution is -2.50. The number of nitro groups is 1. The van der Waals surface area contributed by atoms with Crippen molar-refractivity contribution in [2.45, 2.75) is 26.4 Å². The molecule has 160 valence electrons. The average Bonchev–Trinajstić information content (AvgIpc) is 3.18. The molecule has 0 aliphatic carbocycles. The largest absolute Gasteiger partial charge is 0.444 e. The number of piperazine rings is 1. The molecule has 2 aromatic rings. The van der Waals surface area contributed by atoms with Gasteiger partial charge < -0.3 is 24.3 Å². The van der Waals surface area contributed by atoms with E-state index in [4.69, 9.17) is 9.15 Å². The molecule has 1 aliphatic rings. The van der Waals surface area contributed by atoms with Crippen LogP contribution in [0.4, 0.5) is 22.2 Å². The first kappa shape index (κ1) is 21.1. The predicted molar refractivity (Wildman–Crippen MR) is 108 cm³/mol. The van der Waals surface area contributed by atoms with Gasteiger partial charge in [-0.2, -0.15) is 0 Å². The standard InChI is InChI=1S/C19H23N5O6/c1-19(2,3)30-18(26)23-10-8-22(9-11-23)13-4-6-15(20-12-13)21-17(25)14-5-7-16(29-14)24(27)28/h4-7,12H,8-11H2,1-3H3,(H,20,21,25). The second kappa shape index (κ2) is 8.39. The highest BCUT2D eigenvalue weighted by Gasteiger charge is 2.26. The normalized spacial score (nSPS) is 14.4. The van der Waals surface area contributed by atoms with Crippen molar-refractivity contribution in [2.24, 2.45) is 0 Å². The number of furan rings is 1. The third-order valence-corrected chi connectivity index (χ3v) is 4.28. The molecular weight excluding hydrogens is 394 g/mol. The minimum atomic E-state index is -0.716. The van der Waals surface area contributed by atoms with E-state index in [1.54, 1.807) is 23.2 Å². The number of pyridine rings is 1. The number of carbonyl (C=O) groups excluding carboxylic acids is 2. The van der Waals surface area contributed by atoms with Gasteiger partial charge in [0.2, 0.25) is 0 Å². The van der Waals surface area contributed by atoms with Crippen LogP contribution >= 0.6 is 0 Å². The number of anilines is 2. The van der Waals surface area contributed by atoms with E-state index in [9.17, 15) is 19.7 Å². The van der Waals surface area contributed by atoms with Crippen LogP contribution in [0, 0.1) is 10.1 Å². The maximum Gasteiger partial charge on any atom is 0.433 e. The Labute approximate surface area is 172 Å². The molecule has 11 heteroatoms. The van der Waals surface area contributed by atoms with Crippen molar-refractivity contribution in [3.8, 4) is 0 Å². The quantitative estimate of drug-likeness (QED) is 0.593. The first-order chi connectivity index (χ1) is 14.1. The third-order valence-electron chi connectivity index (χ3n) is 4.28. The number of ether oxygens (including phenoxy) is 1. The second-order valence-corrected chi connectivity index (χ2v) is 7.71. The Balaban J connectivity index is 1.54. The van der Waals surface area contributed by atoms with Crippen LogP contribution < -0.4 is 10.2 Å². The van der Waals surface area contributed by atoms with Crippen LogP contribution in [0.1, 0.15) is 31.3 Å². The summed E-state index contributed by atoms with van der Waals surface area (Å²) < 4.78 is 10.3. The van der Waals surface area contributed by atoms with Crippen LogP contribution in [0.25, 0.3) is 0 Å². The van der Waals surface area contributed by atoms with E-state index in [0.717, 1.165) is 11.8 Å². The number of hydrogen-bond acceptors (Lipinski definition) is 8. The van der Waals surface area contributed by atoms with Gasteiger partial charge in [-0.25, -0.2) is 9.78 Å². The lowest BCUT2D eigenvalue weighted by atomic mass is 10.2. The molecule has 30 heavy (non-hydrogen) atoms. The monoisotopic (exact) mass is 417 g/mol. The summed E-state index contributed by atoms with van der Waals surface area (Å²) in [6.45, 7) is 7.82. The number of carbonyl (C=O) groups is 2. The van der Waals surface area contributed by atoms with Crippen molar-refractivity contribution in [3.05, 3.63) is 46.3 Å².